The molecule has 1 aliphatic carbocycles. The summed E-state index contributed by atoms with van der Waals surface area (Å²) in [5.41, 5.74) is 1.53. The number of benzene rings is 1. The maximum atomic E-state index is 4.02. The lowest BCUT2D eigenvalue weighted by molar-refractivity contribution is 0.162. The lowest BCUT2D eigenvalue weighted by atomic mass is 9.73. The van der Waals surface area contributed by atoms with Crippen LogP contribution in [0.1, 0.15) is 51.6 Å². The number of hydrogen-bond acceptors (Lipinski definition) is 2. The normalized spacial score (nSPS) is 33.4. The topological polar surface area (TPSA) is 12.0 Å². The van der Waals surface area contributed by atoms with Crippen LogP contribution in [0.3, 0.4) is 0 Å². The van der Waals surface area contributed by atoms with Crippen molar-refractivity contribution in [3.63, 3.8) is 0 Å². The van der Waals surface area contributed by atoms with Gasteiger partial charge in [0.05, 0.1) is 0 Å². The van der Waals surface area contributed by atoms with Crippen molar-refractivity contribution in [2.45, 2.75) is 57.0 Å². The van der Waals surface area contributed by atoms with E-state index in [9.17, 15) is 0 Å². The molecule has 0 saturated heterocycles. The Morgan fingerprint density at radius 2 is 2.00 bits per heavy atom. The molecule has 0 amide bonds. The van der Waals surface area contributed by atoms with Crippen LogP contribution < -0.4 is 5.32 Å². The lowest BCUT2D eigenvalue weighted by Crippen LogP contribution is -2.44. The Hall–Kier alpha value is -0.470. The number of nitrogens with one attached hydrogen (secondary N) is 1. The van der Waals surface area contributed by atoms with Gasteiger partial charge in [-0.3, -0.25) is 0 Å². The maximum Gasteiger partial charge on any atom is 0.0428 e. The first-order valence-corrected chi connectivity index (χ1v) is 9.11. The fourth-order valence-corrected chi connectivity index (χ4v) is 5.13. The van der Waals surface area contributed by atoms with Gasteiger partial charge in [-0.25, -0.2) is 0 Å². The Morgan fingerprint density at radius 3 is 2.80 bits per heavy atom. The van der Waals surface area contributed by atoms with Crippen molar-refractivity contribution < 1.29 is 0 Å². The fourth-order valence-electron chi connectivity index (χ4n) is 3.95. The van der Waals surface area contributed by atoms with Crippen LogP contribution in [-0.2, 0) is 0 Å². The highest BCUT2D eigenvalue weighted by Gasteiger charge is 2.33. The van der Waals surface area contributed by atoms with Crippen LogP contribution in [0.4, 0.5) is 0 Å². The molecule has 2 heteroatoms. The highest BCUT2D eigenvalue weighted by atomic mass is 32.2. The molecule has 20 heavy (non-hydrogen) atoms. The molecular weight excluding hydrogens is 262 g/mol. The molecule has 0 bridgehead atoms. The Balaban J connectivity index is 1.73. The van der Waals surface area contributed by atoms with Crippen LogP contribution in [0.15, 0.2) is 29.2 Å². The Morgan fingerprint density at radius 1 is 1.20 bits per heavy atom. The van der Waals surface area contributed by atoms with E-state index in [2.05, 4.69) is 50.4 Å². The summed E-state index contributed by atoms with van der Waals surface area (Å²) < 4.78 is 0. The van der Waals surface area contributed by atoms with Crippen molar-refractivity contribution in [3.8, 4) is 0 Å². The minimum Gasteiger partial charge on any atom is -0.306 e. The Kier molecular flexibility index (Phi) is 4.42. The van der Waals surface area contributed by atoms with Crippen molar-refractivity contribution >= 4 is 11.8 Å². The van der Waals surface area contributed by atoms with Gasteiger partial charge in [-0.1, -0.05) is 45.4 Å². The van der Waals surface area contributed by atoms with Gasteiger partial charge in [0, 0.05) is 22.7 Å². The second-order valence-electron chi connectivity index (χ2n) is 7.00. The van der Waals surface area contributed by atoms with E-state index in [0.717, 1.165) is 17.8 Å². The molecule has 1 heterocycles. The highest BCUT2D eigenvalue weighted by Crippen LogP contribution is 2.40. The molecule has 1 aromatic rings. The molecule has 0 radical (unpaired) electrons. The van der Waals surface area contributed by atoms with E-state index in [1.54, 1.807) is 0 Å². The summed E-state index contributed by atoms with van der Waals surface area (Å²) in [6.07, 6.45) is 4.17. The first-order chi connectivity index (χ1) is 9.65. The lowest BCUT2D eigenvalue weighted by Gasteiger charge is -2.39. The zero-order chi connectivity index (χ0) is 14.1. The second kappa shape index (κ2) is 6.11. The SMILES string of the molecule is CC1CCC(C(C)C)C(NC2CSc3ccccc32)C1. The molecule has 4 unspecified atom stereocenters. The number of hydrogen-bond donors (Lipinski definition) is 1. The second-order valence-corrected chi connectivity index (χ2v) is 8.06. The van der Waals surface area contributed by atoms with Gasteiger partial charge >= 0.3 is 0 Å². The van der Waals surface area contributed by atoms with E-state index in [4.69, 9.17) is 0 Å². The molecule has 0 spiro atoms. The predicted molar refractivity (Wildman–Crippen MR) is 88.2 cm³/mol. The highest BCUT2D eigenvalue weighted by molar-refractivity contribution is 7.99. The third-order valence-corrected chi connectivity index (χ3v) is 6.32. The number of thioether (sulfide) groups is 1. The molecule has 3 rings (SSSR count). The average Bonchev–Trinajstić information content (AvgIpc) is 2.82. The fraction of sp³-hybridized carbons (Fsp3) is 0.667. The van der Waals surface area contributed by atoms with Gasteiger partial charge in [-0.2, -0.15) is 0 Å². The molecule has 1 saturated carbocycles. The van der Waals surface area contributed by atoms with Gasteiger partial charge in [-0.15, -0.1) is 11.8 Å². The summed E-state index contributed by atoms with van der Waals surface area (Å²) in [5, 5.41) is 4.02. The van der Waals surface area contributed by atoms with Crippen molar-refractivity contribution in [2.75, 3.05) is 5.75 Å². The zero-order valence-corrected chi connectivity index (χ0v) is 13.7. The molecule has 1 aromatic carbocycles. The number of rotatable bonds is 3. The quantitative estimate of drug-likeness (QED) is 0.851. The van der Waals surface area contributed by atoms with Crippen molar-refractivity contribution in [1.82, 2.24) is 5.32 Å². The van der Waals surface area contributed by atoms with Crippen molar-refractivity contribution in [1.29, 1.82) is 0 Å². The van der Waals surface area contributed by atoms with Crippen molar-refractivity contribution in [3.05, 3.63) is 29.8 Å². The van der Waals surface area contributed by atoms with Crippen LogP contribution in [0.2, 0.25) is 0 Å². The van der Waals surface area contributed by atoms with Gasteiger partial charge in [0.15, 0.2) is 0 Å². The molecule has 1 nitrogen and oxygen atoms in total. The molecular formula is C18H27NS. The van der Waals surface area contributed by atoms with E-state index < -0.39 is 0 Å². The van der Waals surface area contributed by atoms with Gasteiger partial charge in [0.25, 0.3) is 0 Å². The summed E-state index contributed by atoms with van der Waals surface area (Å²) in [4.78, 5) is 1.48. The molecule has 0 aromatic heterocycles. The molecule has 4 atom stereocenters. The summed E-state index contributed by atoms with van der Waals surface area (Å²) in [7, 11) is 0. The molecule has 1 fully saturated rings. The summed E-state index contributed by atoms with van der Waals surface area (Å²) in [6.45, 7) is 7.21. The number of fused-ring (bicyclic) bond motifs is 1. The summed E-state index contributed by atoms with van der Waals surface area (Å²) in [5.74, 6) is 3.73. The monoisotopic (exact) mass is 289 g/mol. The van der Waals surface area contributed by atoms with E-state index in [-0.39, 0.29) is 0 Å². The van der Waals surface area contributed by atoms with E-state index >= 15 is 0 Å². The average molecular weight is 289 g/mol. The smallest absolute Gasteiger partial charge is 0.0428 e. The summed E-state index contributed by atoms with van der Waals surface area (Å²) in [6, 6.07) is 10.2. The van der Waals surface area contributed by atoms with Gasteiger partial charge in [-0.05, 0) is 42.2 Å². The minimum atomic E-state index is 0.563. The largest absolute Gasteiger partial charge is 0.306 e. The van der Waals surface area contributed by atoms with Gasteiger partial charge < -0.3 is 5.32 Å². The van der Waals surface area contributed by atoms with Gasteiger partial charge in [0.2, 0.25) is 0 Å². The third kappa shape index (κ3) is 2.92. The van der Waals surface area contributed by atoms with Crippen LogP contribution in [-0.4, -0.2) is 11.8 Å². The van der Waals surface area contributed by atoms with Crippen LogP contribution in [0.25, 0.3) is 0 Å². The van der Waals surface area contributed by atoms with Crippen molar-refractivity contribution in [2.24, 2.45) is 17.8 Å². The summed E-state index contributed by atoms with van der Waals surface area (Å²) >= 11 is 2.01. The molecule has 2 aliphatic rings. The van der Waals surface area contributed by atoms with Crippen LogP contribution in [0, 0.1) is 17.8 Å². The molecule has 110 valence electrons. The van der Waals surface area contributed by atoms with Crippen LogP contribution >= 0.6 is 11.8 Å². The minimum absolute atomic E-state index is 0.563. The Labute approximate surface area is 127 Å². The first-order valence-electron chi connectivity index (χ1n) is 8.13. The first kappa shape index (κ1) is 14.5. The zero-order valence-electron chi connectivity index (χ0n) is 12.9. The molecule has 1 aliphatic heterocycles. The molecule has 1 N–H and O–H groups in total. The van der Waals surface area contributed by atoms with E-state index in [0.29, 0.717) is 12.1 Å². The van der Waals surface area contributed by atoms with E-state index in [1.165, 1.54) is 35.5 Å². The maximum absolute atomic E-state index is 4.02. The van der Waals surface area contributed by atoms with Gasteiger partial charge in [0.1, 0.15) is 0 Å². The Bertz CT molecular complexity index is 456. The van der Waals surface area contributed by atoms with Crippen LogP contribution in [0.5, 0.6) is 0 Å². The standard InChI is InChI=1S/C18H27NS/c1-12(2)14-9-8-13(3)10-16(14)19-17-11-20-18-7-5-4-6-15(17)18/h4-7,12-14,16-17,19H,8-11H2,1-3H3. The third-order valence-electron chi connectivity index (χ3n) is 5.14. The van der Waals surface area contributed by atoms with E-state index in [1.807, 2.05) is 11.8 Å². The predicted octanol–water partition coefficient (Wildman–Crippen LogP) is 4.88.